The maximum absolute atomic E-state index is 10.1. The SMILES string of the molecule is CO[C@H]1Cc2ccccc2[C@H]1Nc1ncnc2c1nnn2C1CC(O)C(CO)C1. The second-order valence-corrected chi connectivity index (χ2v) is 7.86. The van der Waals surface area contributed by atoms with E-state index in [4.69, 9.17) is 4.74 Å². The number of anilines is 1. The zero-order valence-electron chi connectivity index (χ0n) is 16.1. The van der Waals surface area contributed by atoms with Gasteiger partial charge in [0.2, 0.25) is 0 Å². The summed E-state index contributed by atoms with van der Waals surface area (Å²) in [6.07, 6.45) is 2.97. The van der Waals surface area contributed by atoms with Gasteiger partial charge >= 0.3 is 0 Å². The second kappa shape index (κ2) is 7.33. The number of rotatable bonds is 5. The Kier molecular flexibility index (Phi) is 4.65. The van der Waals surface area contributed by atoms with Gasteiger partial charge in [-0.1, -0.05) is 29.5 Å². The van der Waals surface area contributed by atoms with Crippen LogP contribution in [0.25, 0.3) is 11.2 Å². The van der Waals surface area contributed by atoms with Gasteiger partial charge in [-0.2, -0.15) is 0 Å². The number of hydrogen-bond donors (Lipinski definition) is 3. The van der Waals surface area contributed by atoms with Crippen molar-refractivity contribution in [1.29, 1.82) is 0 Å². The molecule has 3 N–H and O–H groups in total. The quantitative estimate of drug-likeness (QED) is 0.590. The highest BCUT2D eigenvalue weighted by atomic mass is 16.5. The summed E-state index contributed by atoms with van der Waals surface area (Å²) in [4.78, 5) is 8.81. The number of benzene rings is 1. The van der Waals surface area contributed by atoms with Crippen molar-refractivity contribution in [2.24, 2.45) is 5.92 Å². The van der Waals surface area contributed by atoms with Gasteiger partial charge in [0.1, 0.15) is 6.33 Å². The standard InChI is InChI=1S/C20H24N6O3/c1-29-16-7-11-4-2-3-5-14(11)17(16)23-19-18-20(22-10-21-19)26(25-24-18)13-6-12(9-27)15(28)8-13/h2-5,10,12-13,15-17,27-28H,6-9H2,1H3,(H,21,22,23)/t12?,13?,15?,16-,17+/m0/s1. The highest BCUT2D eigenvalue weighted by Crippen LogP contribution is 2.38. The minimum absolute atomic E-state index is 0.00255. The highest BCUT2D eigenvalue weighted by Gasteiger charge is 2.36. The van der Waals surface area contributed by atoms with Crippen molar-refractivity contribution < 1.29 is 14.9 Å². The third-order valence-electron chi connectivity index (χ3n) is 6.25. The predicted octanol–water partition coefficient (Wildman–Crippen LogP) is 1.25. The van der Waals surface area contributed by atoms with Gasteiger partial charge in [-0.15, -0.1) is 5.10 Å². The van der Waals surface area contributed by atoms with E-state index in [1.54, 1.807) is 11.8 Å². The van der Waals surface area contributed by atoms with Crippen LogP contribution in [0, 0.1) is 5.92 Å². The van der Waals surface area contributed by atoms with E-state index in [1.165, 1.54) is 17.5 Å². The van der Waals surface area contributed by atoms with Gasteiger partial charge in [-0.25, -0.2) is 14.6 Å². The molecule has 2 aliphatic rings. The summed E-state index contributed by atoms with van der Waals surface area (Å²) in [5.41, 5.74) is 3.68. The van der Waals surface area contributed by atoms with E-state index in [0.29, 0.717) is 29.8 Å². The molecule has 0 bridgehead atoms. The normalized spacial score (nSPS) is 28.7. The van der Waals surface area contributed by atoms with Gasteiger partial charge in [-0.3, -0.25) is 0 Å². The molecule has 1 aromatic carbocycles. The minimum atomic E-state index is -0.541. The van der Waals surface area contributed by atoms with Crippen molar-refractivity contribution in [3.63, 3.8) is 0 Å². The number of fused-ring (bicyclic) bond motifs is 2. The first-order valence-corrected chi connectivity index (χ1v) is 9.91. The molecule has 29 heavy (non-hydrogen) atoms. The number of nitrogens with zero attached hydrogens (tertiary/aromatic N) is 5. The first-order chi connectivity index (χ1) is 14.2. The second-order valence-electron chi connectivity index (χ2n) is 7.86. The average molecular weight is 396 g/mol. The molecule has 2 aliphatic carbocycles. The number of hydrogen-bond acceptors (Lipinski definition) is 8. The van der Waals surface area contributed by atoms with Crippen LogP contribution in [-0.2, 0) is 11.2 Å². The maximum Gasteiger partial charge on any atom is 0.184 e. The molecule has 1 saturated carbocycles. The van der Waals surface area contributed by atoms with Crippen LogP contribution in [0.3, 0.4) is 0 Å². The van der Waals surface area contributed by atoms with Gasteiger partial charge in [0, 0.05) is 26.1 Å². The van der Waals surface area contributed by atoms with Crippen LogP contribution in [0.4, 0.5) is 5.82 Å². The topological polar surface area (TPSA) is 118 Å². The monoisotopic (exact) mass is 396 g/mol. The van der Waals surface area contributed by atoms with Crippen LogP contribution >= 0.6 is 0 Å². The molecule has 1 fully saturated rings. The van der Waals surface area contributed by atoms with Crippen LogP contribution in [-0.4, -0.2) is 61.1 Å². The fourth-order valence-electron chi connectivity index (χ4n) is 4.68. The molecule has 0 saturated heterocycles. The van der Waals surface area contributed by atoms with E-state index in [9.17, 15) is 10.2 Å². The van der Waals surface area contributed by atoms with Crippen molar-refractivity contribution >= 4 is 17.0 Å². The van der Waals surface area contributed by atoms with Crippen molar-refractivity contribution in [2.75, 3.05) is 19.0 Å². The molecule has 2 aromatic heterocycles. The zero-order valence-corrected chi connectivity index (χ0v) is 16.1. The number of nitrogens with one attached hydrogen (secondary N) is 1. The Balaban J connectivity index is 1.47. The lowest BCUT2D eigenvalue weighted by Gasteiger charge is -2.21. The van der Waals surface area contributed by atoms with E-state index in [-0.39, 0.29) is 30.7 Å². The third kappa shape index (κ3) is 3.06. The molecule has 0 spiro atoms. The third-order valence-corrected chi connectivity index (χ3v) is 6.25. The van der Waals surface area contributed by atoms with Gasteiger partial charge in [-0.05, 0) is 24.0 Å². The molecule has 0 amide bonds. The van der Waals surface area contributed by atoms with Crippen LogP contribution in [0.15, 0.2) is 30.6 Å². The highest BCUT2D eigenvalue weighted by molar-refractivity contribution is 5.82. The molecule has 152 valence electrons. The molecular weight excluding hydrogens is 372 g/mol. The Labute approximate surface area is 167 Å². The summed E-state index contributed by atoms with van der Waals surface area (Å²) in [5.74, 6) is 0.471. The Hall–Kier alpha value is -2.62. The molecule has 9 heteroatoms. The fraction of sp³-hybridized carbons (Fsp3) is 0.500. The van der Waals surface area contributed by atoms with Crippen molar-refractivity contribution in [3.8, 4) is 0 Å². The minimum Gasteiger partial charge on any atom is -0.396 e. The van der Waals surface area contributed by atoms with Crippen molar-refractivity contribution in [1.82, 2.24) is 25.0 Å². The van der Waals surface area contributed by atoms with E-state index < -0.39 is 6.10 Å². The van der Waals surface area contributed by atoms with Gasteiger partial charge < -0.3 is 20.3 Å². The Morgan fingerprint density at radius 2 is 2.10 bits per heavy atom. The van der Waals surface area contributed by atoms with E-state index in [1.807, 2.05) is 12.1 Å². The molecule has 5 rings (SSSR count). The van der Waals surface area contributed by atoms with Gasteiger partial charge in [0.25, 0.3) is 0 Å². The van der Waals surface area contributed by atoms with Crippen LogP contribution < -0.4 is 5.32 Å². The molecule has 0 radical (unpaired) electrons. The molecule has 2 heterocycles. The summed E-state index contributed by atoms with van der Waals surface area (Å²) < 4.78 is 7.46. The summed E-state index contributed by atoms with van der Waals surface area (Å²) in [6, 6.07) is 8.22. The molecule has 5 atom stereocenters. The Morgan fingerprint density at radius 1 is 1.24 bits per heavy atom. The molecule has 9 nitrogen and oxygen atoms in total. The van der Waals surface area contributed by atoms with Crippen LogP contribution in [0.5, 0.6) is 0 Å². The van der Waals surface area contributed by atoms with Crippen LogP contribution in [0.1, 0.15) is 36.1 Å². The number of aliphatic hydroxyl groups is 2. The lowest BCUT2D eigenvalue weighted by atomic mass is 10.1. The van der Waals surface area contributed by atoms with Gasteiger partial charge in [0.15, 0.2) is 17.0 Å². The first kappa shape index (κ1) is 18.4. The summed E-state index contributed by atoms with van der Waals surface area (Å²) >= 11 is 0. The smallest absolute Gasteiger partial charge is 0.184 e. The Morgan fingerprint density at radius 3 is 2.90 bits per heavy atom. The number of aliphatic hydroxyl groups excluding tert-OH is 2. The molecular formula is C20H24N6O3. The van der Waals surface area contributed by atoms with E-state index in [0.717, 1.165) is 6.42 Å². The van der Waals surface area contributed by atoms with E-state index >= 15 is 0 Å². The summed E-state index contributed by atoms with van der Waals surface area (Å²) in [5, 5.41) is 31.7. The largest absolute Gasteiger partial charge is 0.396 e. The zero-order chi connectivity index (χ0) is 20.0. The molecule has 3 unspecified atom stereocenters. The van der Waals surface area contributed by atoms with Crippen LogP contribution in [0.2, 0.25) is 0 Å². The Bertz CT molecular complexity index is 1020. The van der Waals surface area contributed by atoms with Crippen molar-refractivity contribution in [3.05, 3.63) is 41.7 Å². The lowest BCUT2D eigenvalue weighted by molar-refractivity contribution is 0.0906. The number of methoxy groups -OCH3 is 1. The first-order valence-electron chi connectivity index (χ1n) is 9.91. The lowest BCUT2D eigenvalue weighted by Crippen LogP contribution is -2.24. The maximum atomic E-state index is 10.1. The summed E-state index contributed by atoms with van der Waals surface area (Å²) in [7, 11) is 1.72. The predicted molar refractivity (Wildman–Crippen MR) is 105 cm³/mol. The van der Waals surface area contributed by atoms with Gasteiger partial charge in [0.05, 0.1) is 24.3 Å². The molecule has 3 aromatic rings. The van der Waals surface area contributed by atoms with Crippen molar-refractivity contribution in [2.45, 2.75) is 43.6 Å². The number of aromatic nitrogens is 5. The fourth-order valence-corrected chi connectivity index (χ4v) is 4.68. The average Bonchev–Trinajstić information content (AvgIpc) is 3.43. The number of ether oxygens (including phenoxy) is 1. The summed E-state index contributed by atoms with van der Waals surface area (Å²) in [6.45, 7) is -0.0361. The van der Waals surface area contributed by atoms with E-state index in [2.05, 4.69) is 37.7 Å². The molecule has 0 aliphatic heterocycles.